The Hall–Kier alpha value is -1.40. The molecule has 1 aromatic heterocycles. The SMILES string of the molecule is Cc1cc2nc(SC3CC(=O)OC3=O)sc2cc1C. The summed E-state index contributed by atoms with van der Waals surface area (Å²) in [7, 11) is 0. The van der Waals surface area contributed by atoms with Crippen molar-refractivity contribution < 1.29 is 14.3 Å². The number of hydrogen-bond acceptors (Lipinski definition) is 6. The van der Waals surface area contributed by atoms with Crippen molar-refractivity contribution in [2.24, 2.45) is 0 Å². The Morgan fingerprint density at radius 3 is 2.74 bits per heavy atom. The number of ether oxygens (including phenoxy) is 1. The molecule has 2 heterocycles. The Labute approximate surface area is 118 Å². The van der Waals surface area contributed by atoms with Crippen LogP contribution in [0.5, 0.6) is 0 Å². The fourth-order valence-electron chi connectivity index (χ4n) is 1.87. The molecule has 0 aliphatic carbocycles. The monoisotopic (exact) mass is 293 g/mol. The van der Waals surface area contributed by atoms with Crippen LogP contribution >= 0.6 is 23.1 Å². The van der Waals surface area contributed by atoms with Gasteiger partial charge in [0.15, 0.2) is 4.34 Å². The molecule has 1 aliphatic heterocycles. The van der Waals surface area contributed by atoms with Crippen LogP contribution in [0.3, 0.4) is 0 Å². The predicted octanol–water partition coefficient (Wildman–Crippen LogP) is 2.85. The number of fused-ring (bicyclic) bond motifs is 1. The van der Waals surface area contributed by atoms with Gasteiger partial charge in [-0.1, -0.05) is 11.8 Å². The number of thiazole rings is 1. The summed E-state index contributed by atoms with van der Waals surface area (Å²) in [5.74, 6) is -0.906. The molecule has 6 heteroatoms. The van der Waals surface area contributed by atoms with Crippen molar-refractivity contribution in [1.82, 2.24) is 4.98 Å². The first-order valence-electron chi connectivity index (χ1n) is 5.82. The molecule has 0 radical (unpaired) electrons. The van der Waals surface area contributed by atoms with E-state index in [1.165, 1.54) is 22.9 Å². The lowest BCUT2D eigenvalue weighted by Gasteiger charge is -1.98. The summed E-state index contributed by atoms with van der Waals surface area (Å²) in [6.07, 6.45) is 0.136. The number of benzene rings is 1. The number of aromatic nitrogens is 1. The zero-order chi connectivity index (χ0) is 13.6. The van der Waals surface area contributed by atoms with Crippen molar-refractivity contribution >= 4 is 45.3 Å². The molecule has 0 spiro atoms. The molecular weight excluding hydrogens is 282 g/mol. The van der Waals surface area contributed by atoms with E-state index in [1.807, 2.05) is 13.0 Å². The van der Waals surface area contributed by atoms with Gasteiger partial charge in [0.05, 0.1) is 16.6 Å². The molecule has 1 fully saturated rings. The molecule has 1 atom stereocenters. The molecule has 1 aliphatic rings. The average molecular weight is 293 g/mol. The number of thioether (sulfide) groups is 1. The second-order valence-corrected chi connectivity index (χ2v) is 6.97. The summed E-state index contributed by atoms with van der Waals surface area (Å²) in [5, 5.41) is -0.449. The third kappa shape index (κ3) is 2.37. The third-order valence-corrected chi connectivity index (χ3v) is 5.34. The molecule has 1 aromatic carbocycles. The van der Waals surface area contributed by atoms with Crippen LogP contribution in [-0.2, 0) is 14.3 Å². The van der Waals surface area contributed by atoms with Gasteiger partial charge in [0.2, 0.25) is 0 Å². The number of esters is 2. The lowest BCUT2D eigenvalue weighted by molar-refractivity contribution is -0.151. The summed E-state index contributed by atoms with van der Waals surface area (Å²) in [6.45, 7) is 4.11. The van der Waals surface area contributed by atoms with E-state index in [9.17, 15) is 9.59 Å². The van der Waals surface area contributed by atoms with Crippen molar-refractivity contribution in [3.63, 3.8) is 0 Å². The summed E-state index contributed by atoms with van der Waals surface area (Å²) in [5.41, 5.74) is 3.36. The van der Waals surface area contributed by atoms with Crippen LogP contribution in [0.4, 0.5) is 0 Å². The van der Waals surface area contributed by atoms with Crippen molar-refractivity contribution in [3.05, 3.63) is 23.3 Å². The molecule has 19 heavy (non-hydrogen) atoms. The summed E-state index contributed by atoms with van der Waals surface area (Å²) < 4.78 is 6.44. The van der Waals surface area contributed by atoms with E-state index >= 15 is 0 Å². The van der Waals surface area contributed by atoms with Crippen LogP contribution in [0, 0.1) is 13.8 Å². The minimum absolute atomic E-state index is 0.136. The van der Waals surface area contributed by atoms with Gasteiger partial charge in [0, 0.05) is 0 Å². The Morgan fingerprint density at radius 2 is 2.05 bits per heavy atom. The summed E-state index contributed by atoms with van der Waals surface area (Å²) in [6, 6.07) is 4.15. The van der Waals surface area contributed by atoms with Crippen LogP contribution in [-0.4, -0.2) is 22.2 Å². The van der Waals surface area contributed by atoms with E-state index < -0.39 is 17.2 Å². The summed E-state index contributed by atoms with van der Waals surface area (Å²) >= 11 is 2.86. The van der Waals surface area contributed by atoms with Gasteiger partial charge in [-0.3, -0.25) is 9.59 Å². The Morgan fingerprint density at radius 1 is 1.32 bits per heavy atom. The highest BCUT2D eigenvalue weighted by Gasteiger charge is 2.35. The van der Waals surface area contributed by atoms with Crippen LogP contribution in [0.2, 0.25) is 0 Å². The summed E-state index contributed by atoms with van der Waals surface area (Å²) in [4.78, 5) is 27.0. The van der Waals surface area contributed by atoms with E-state index in [4.69, 9.17) is 0 Å². The van der Waals surface area contributed by atoms with E-state index in [-0.39, 0.29) is 6.42 Å². The zero-order valence-electron chi connectivity index (χ0n) is 10.4. The van der Waals surface area contributed by atoms with Gasteiger partial charge in [-0.2, -0.15) is 0 Å². The molecule has 2 aromatic rings. The quantitative estimate of drug-likeness (QED) is 0.629. The van der Waals surface area contributed by atoms with Crippen molar-refractivity contribution in [3.8, 4) is 0 Å². The topological polar surface area (TPSA) is 56.3 Å². The normalized spacial score (nSPS) is 19.2. The number of cyclic esters (lactones) is 2. The maximum Gasteiger partial charge on any atom is 0.327 e. The fraction of sp³-hybridized carbons (Fsp3) is 0.308. The predicted molar refractivity (Wildman–Crippen MR) is 74.5 cm³/mol. The fourth-order valence-corrected chi connectivity index (χ4v) is 4.22. The first kappa shape index (κ1) is 12.6. The molecule has 0 saturated carbocycles. The molecule has 3 rings (SSSR count). The Kier molecular flexibility index (Phi) is 3.06. The van der Waals surface area contributed by atoms with Gasteiger partial charge in [-0.05, 0) is 37.1 Å². The number of carbonyl (C=O) groups is 2. The smallest absolute Gasteiger partial charge is 0.327 e. The number of hydrogen-bond donors (Lipinski definition) is 0. The van der Waals surface area contributed by atoms with Crippen molar-refractivity contribution in [2.45, 2.75) is 29.9 Å². The highest BCUT2D eigenvalue weighted by atomic mass is 32.2. The standard InChI is InChI=1S/C13H11NO3S2/c1-6-3-8-9(4-7(6)2)18-13(14-8)19-10-5-11(15)17-12(10)16/h3-4,10H,5H2,1-2H3. The highest BCUT2D eigenvalue weighted by Crippen LogP contribution is 2.36. The number of rotatable bonds is 2. The van der Waals surface area contributed by atoms with Crippen LogP contribution < -0.4 is 0 Å². The van der Waals surface area contributed by atoms with Gasteiger partial charge in [0.1, 0.15) is 5.25 Å². The molecular formula is C13H11NO3S2. The molecule has 1 saturated heterocycles. The maximum absolute atomic E-state index is 11.4. The van der Waals surface area contributed by atoms with Crippen LogP contribution in [0.15, 0.2) is 16.5 Å². The van der Waals surface area contributed by atoms with Crippen LogP contribution in [0.1, 0.15) is 17.5 Å². The van der Waals surface area contributed by atoms with Gasteiger partial charge < -0.3 is 4.74 Å². The molecule has 1 unspecified atom stereocenters. The van der Waals surface area contributed by atoms with E-state index in [0.717, 1.165) is 14.6 Å². The number of carbonyl (C=O) groups excluding carboxylic acids is 2. The first-order chi connectivity index (χ1) is 9.02. The lowest BCUT2D eigenvalue weighted by Crippen LogP contribution is -2.08. The molecule has 0 N–H and O–H groups in total. The lowest BCUT2D eigenvalue weighted by atomic mass is 10.1. The van der Waals surface area contributed by atoms with Crippen LogP contribution in [0.25, 0.3) is 10.2 Å². The number of aryl methyl sites for hydroxylation is 2. The van der Waals surface area contributed by atoms with Crippen molar-refractivity contribution in [1.29, 1.82) is 0 Å². The second-order valence-electron chi connectivity index (χ2n) is 4.49. The third-order valence-electron chi connectivity index (χ3n) is 3.06. The molecule has 98 valence electrons. The molecule has 0 amide bonds. The van der Waals surface area contributed by atoms with E-state index in [1.54, 1.807) is 11.3 Å². The first-order valence-corrected chi connectivity index (χ1v) is 7.51. The van der Waals surface area contributed by atoms with Crippen molar-refractivity contribution in [2.75, 3.05) is 0 Å². The largest absolute Gasteiger partial charge is 0.392 e. The minimum atomic E-state index is -0.457. The van der Waals surface area contributed by atoms with Gasteiger partial charge >= 0.3 is 11.9 Å². The zero-order valence-corrected chi connectivity index (χ0v) is 12.1. The Balaban J connectivity index is 1.90. The van der Waals surface area contributed by atoms with E-state index in [0.29, 0.717) is 0 Å². The second kappa shape index (κ2) is 4.61. The van der Waals surface area contributed by atoms with Gasteiger partial charge in [-0.15, -0.1) is 11.3 Å². The van der Waals surface area contributed by atoms with Gasteiger partial charge in [0.25, 0.3) is 0 Å². The van der Waals surface area contributed by atoms with E-state index in [2.05, 4.69) is 22.7 Å². The average Bonchev–Trinajstić information content (AvgIpc) is 2.83. The minimum Gasteiger partial charge on any atom is -0.392 e. The number of nitrogens with zero attached hydrogens (tertiary/aromatic N) is 1. The molecule has 0 bridgehead atoms. The molecule has 4 nitrogen and oxygen atoms in total. The van der Waals surface area contributed by atoms with Gasteiger partial charge in [-0.25, -0.2) is 4.98 Å². The Bertz CT molecular complexity index is 653. The highest BCUT2D eigenvalue weighted by molar-refractivity contribution is 8.02. The maximum atomic E-state index is 11.4.